The van der Waals surface area contributed by atoms with Crippen LogP contribution in [0.4, 0.5) is 0 Å². The molecule has 0 aliphatic carbocycles. The van der Waals surface area contributed by atoms with Gasteiger partial charge in [0.25, 0.3) is 0 Å². The van der Waals surface area contributed by atoms with Gasteiger partial charge in [-0.15, -0.1) is 0 Å². The van der Waals surface area contributed by atoms with Crippen molar-refractivity contribution < 1.29 is 23.2 Å². The fourth-order valence-electron chi connectivity index (χ4n) is 1.64. The molecule has 0 radical (unpaired) electrons. The van der Waals surface area contributed by atoms with Gasteiger partial charge in [-0.1, -0.05) is 0 Å². The van der Waals surface area contributed by atoms with E-state index in [4.69, 9.17) is 8.85 Å². The van der Waals surface area contributed by atoms with Crippen LogP contribution in [0.2, 0.25) is 12.6 Å². The quantitative estimate of drug-likeness (QED) is 0.547. The van der Waals surface area contributed by atoms with Crippen molar-refractivity contribution in [2.75, 3.05) is 13.2 Å². The largest absolute Gasteiger partial charge is 0.395 e. The average molecular weight is 270 g/mol. The van der Waals surface area contributed by atoms with Gasteiger partial charge in [0.1, 0.15) is 0 Å². The molecule has 0 saturated carbocycles. The van der Waals surface area contributed by atoms with E-state index in [1.807, 2.05) is 20.4 Å². The first-order valence-corrected chi connectivity index (χ1v) is 9.55. The van der Waals surface area contributed by atoms with Crippen molar-refractivity contribution in [1.29, 1.82) is 0 Å². The molecule has 16 heavy (non-hydrogen) atoms. The molecule has 5 nitrogen and oxygen atoms in total. The summed E-state index contributed by atoms with van der Waals surface area (Å²) in [6.45, 7) is 9.66. The summed E-state index contributed by atoms with van der Waals surface area (Å²) < 4.78 is 22.5. The van der Waals surface area contributed by atoms with E-state index in [1.54, 1.807) is 13.8 Å². The average Bonchev–Trinajstić information content (AvgIpc) is 2.00. The highest BCUT2D eigenvalue weighted by Gasteiger charge is 2.46. The summed E-state index contributed by atoms with van der Waals surface area (Å²) in [6, 6.07) is 0.284. The Bertz CT molecular complexity index is 257. The number of hydrogen-bond donors (Lipinski definition) is 2. The fraction of sp³-hybridized carbons (Fsp3) is 1.00. The van der Waals surface area contributed by atoms with E-state index in [1.165, 1.54) is 0 Å². The zero-order valence-electron chi connectivity index (χ0n) is 10.7. The highest BCUT2D eigenvalue weighted by Crippen LogP contribution is 2.54. The Hall–Kier alpha value is 0.287. The molecule has 98 valence electrons. The molecule has 0 saturated heterocycles. The zero-order chi connectivity index (χ0) is 13.0. The van der Waals surface area contributed by atoms with Gasteiger partial charge in [-0.2, -0.15) is 0 Å². The van der Waals surface area contributed by atoms with Crippen LogP contribution < -0.4 is 0 Å². The highest BCUT2D eigenvalue weighted by atomic mass is 31.2. The van der Waals surface area contributed by atoms with Gasteiger partial charge >= 0.3 is 16.2 Å². The third-order valence-corrected chi connectivity index (χ3v) is 7.80. The van der Waals surface area contributed by atoms with E-state index in [0.29, 0.717) is 13.2 Å². The smallest absolute Gasteiger partial charge is 0.336 e. The molecule has 2 N–H and O–H groups in total. The van der Waals surface area contributed by atoms with Gasteiger partial charge in [0.05, 0.1) is 5.16 Å². The Balaban J connectivity index is 4.81. The minimum Gasteiger partial charge on any atom is -0.395 e. The Morgan fingerprint density at radius 3 is 1.81 bits per heavy atom. The second-order valence-electron chi connectivity index (χ2n) is 4.53. The van der Waals surface area contributed by atoms with Crippen molar-refractivity contribution in [2.45, 2.75) is 45.4 Å². The Kier molecular flexibility index (Phi) is 5.86. The maximum Gasteiger partial charge on any atom is 0.336 e. The minimum atomic E-state index is -4.14. The monoisotopic (exact) mass is 270 g/mol. The SMILES string of the molecule is CCO[Si](C)(CC(C)(C)P(=O)(O)O)OCC. The van der Waals surface area contributed by atoms with Crippen LogP contribution in [-0.4, -0.2) is 36.7 Å². The Morgan fingerprint density at radius 1 is 1.19 bits per heavy atom. The molecule has 0 aliphatic rings. The lowest BCUT2D eigenvalue weighted by molar-refractivity contribution is 0.184. The topological polar surface area (TPSA) is 76.0 Å². The molecule has 0 aromatic heterocycles. The molecule has 0 amide bonds. The van der Waals surface area contributed by atoms with E-state index in [2.05, 4.69) is 0 Å². The predicted molar refractivity (Wildman–Crippen MR) is 65.8 cm³/mol. The molecule has 0 heterocycles. The van der Waals surface area contributed by atoms with E-state index in [0.717, 1.165) is 0 Å². The van der Waals surface area contributed by atoms with Gasteiger partial charge in [-0.3, -0.25) is 4.57 Å². The zero-order valence-corrected chi connectivity index (χ0v) is 12.6. The van der Waals surface area contributed by atoms with Gasteiger partial charge in [0.2, 0.25) is 0 Å². The summed E-state index contributed by atoms with van der Waals surface area (Å²) >= 11 is 0. The lowest BCUT2D eigenvalue weighted by Crippen LogP contribution is -2.44. The molecule has 0 spiro atoms. The molecule has 7 heteroatoms. The van der Waals surface area contributed by atoms with Crippen LogP contribution in [0, 0.1) is 0 Å². The maximum atomic E-state index is 11.3. The summed E-state index contributed by atoms with van der Waals surface area (Å²) in [6.07, 6.45) is 0. The summed E-state index contributed by atoms with van der Waals surface area (Å²) in [5.74, 6) is 0. The Labute approximate surface area is 98.6 Å². The standard InChI is InChI=1S/C9H23O5PSi/c1-6-13-16(5,14-7-2)8-9(3,4)15(10,11)12/h6-8H2,1-5H3,(H2,10,11,12). The first kappa shape index (κ1) is 16.3. The fourth-order valence-corrected chi connectivity index (χ4v) is 6.41. The van der Waals surface area contributed by atoms with E-state index < -0.39 is 21.3 Å². The molecule has 0 rings (SSSR count). The van der Waals surface area contributed by atoms with Gasteiger partial charge in [0, 0.05) is 19.3 Å². The summed E-state index contributed by atoms with van der Waals surface area (Å²) in [7, 11) is -6.62. The number of hydrogen-bond acceptors (Lipinski definition) is 3. The van der Waals surface area contributed by atoms with Crippen LogP contribution in [0.25, 0.3) is 0 Å². The minimum absolute atomic E-state index is 0.284. The molecule has 0 fully saturated rings. The van der Waals surface area contributed by atoms with Crippen LogP contribution in [0.15, 0.2) is 0 Å². The summed E-state index contributed by atoms with van der Waals surface area (Å²) in [5, 5.41) is -1.10. The molecule has 0 unspecified atom stereocenters. The molecule has 0 atom stereocenters. The van der Waals surface area contributed by atoms with Crippen molar-refractivity contribution in [3.05, 3.63) is 0 Å². The van der Waals surface area contributed by atoms with Crippen molar-refractivity contribution >= 4 is 16.2 Å². The molecular weight excluding hydrogens is 247 g/mol. The van der Waals surface area contributed by atoms with Crippen LogP contribution in [0.3, 0.4) is 0 Å². The van der Waals surface area contributed by atoms with E-state index in [-0.39, 0.29) is 6.04 Å². The van der Waals surface area contributed by atoms with Crippen LogP contribution in [-0.2, 0) is 13.4 Å². The molecule has 0 aliphatic heterocycles. The van der Waals surface area contributed by atoms with Crippen LogP contribution in [0.1, 0.15) is 27.7 Å². The highest BCUT2D eigenvalue weighted by molar-refractivity contribution is 7.53. The maximum absolute atomic E-state index is 11.3. The molecule has 0 bridgehead atoms. The summed E-state index contributed by atoms with van der Waals surface area (Å²) in [4.78, 5) is 18.5. The van der Waals surface area contributed by atoms with E-state index in [9.17, 15) is 14.4 Å². The first-order chi connectivity index (χ1) is 7.08. The number of rotatable bonds is 7. The summed E-state index contributed by atoms with van der Waals surface area (Å²) in [5.41, 5.74) is 0. The normalized spacial score (nSPS) is 14.2. The first-order valence-electron chi connectivity index (χ1n) is 5.41. The van der Waals surface area contributed by atoms with Gasteiger partial charge in [-0.05, 0) is 34.2 Å². The van der Waals surface area contributed by atoms with Crippen molar-refractivity contribution in [2.24, 2.45) is 0 Å². The third-order valence-electron chi connectivity index (χ3n) is 2.44. The van der Waals surface area contributed by atoms with Crippen molar-refractivity contribution in [3.8, 4) is 0 Å². The molecule has 0 aromatic carbocycles. The molecule has 0 aromatic rings. The van der Waals surface area contributed by atoms with Crippen LogP contribution in [0.5, 0.6) is 0 Å². The lowest BCUT2D eigenvalue weighted by atomic mass is 10.2. The molecular formula is C9H23O5PSi. The van der Waals surface area contributed by atoms with Gasteiger partial charge in [-0.25, -0.2) is 0 Å². The van der Waals surface area contributed by atoms with E-state index >= 15 is 0 Å². The lowest BCUT2D eigenvalue weighted by Gasteiger charge is -2.34. The Morgan fingerprint density at radius 2 is 1.56 bits per heavy atom. The van der Waals surface area contributed by atoms with Gasteiger partial charge in [0.15, 0.2) is 0 Å². The van der Waals surface area contributed by atoms with Gasteiger partial charge < -0.3 is 18.6 Å². The third kappa shape index (κ3) is 4.65. The van der Waals surface area contributed by atoms with Crippen LogP contribution >= 0.6 is 7.60 Å². The second kappa shape index (κ2) is 5.75. The second-order valence-corrected chi connectivity index (χ2v) is 10.0. The van der Waals surface area contributed by atoms with Crippen molar-refractivity contribution in [3.63, 3.8) is 0 Å². The predicted octanol–water partition coefficient (Wildman–Crippen LogP) is 2.09. The van der Waals surface area contributed by atoms with Crippen molar-refractivity contribution in [1.82, 2.24) is 0 Å².